The van der Waals surface area contributed by atoms with Crippen LogP contribution in [0.3, 0.4) is 0 Å². The van der Waals surface area contributed by atoms with Crippen molar-refractivity contribution in [2.24, 2.45) is 10.4 Å². The van der Waals surface area contributed by atoms with Gasteiger partial charge in [0.2, 0.25) is 5.91 Å². The Morgan fingerprint density at radius 1 is 1.33 bits per heavy atom. The summed E-state index contributed by atoms with van der Waals surface area (Å²) in [6.45, 7) is 4.98. The third kappa shape index (κ3) is 5.81. The number of ether oxygens (including phenoxy) is 1. The lowest BCUT2D eigenvalue weighted by atomic mass is 9.87. The van der Waals surface area contributed by atoms with Crippen LogP contribution in [0.1, 0.15) is 24.8 Å². The zero-order valence-corrected chi connectivity index (χ0v) is 18.6. The van der Waals surface area contributed by atoms with Gasteiger partial charge < -0.3 is 19.9 Å². The van der Waals surface area contributed by atoms with Gasteiger partial charge in [0.05, 0.1) is 6.61 Å². The van der Waals surface area contributed by atoms with Gasteiger partial charge >= 0.3 is 0 Å². The van der Waals surface area contributed by atoms with Crippen LogP contribution in [0.5, 0.6) is 0 Å². The monoisotopic (exact) mass is 486 g/mol. The minimum atomic E-state index is 0. The highest BCUT2D eigenvalue weighted by molar-refractivity contribution is 14.0. The van der Waals surface area contributed by atoms with Crippen LogP contribution < -0.4 is 5.32 Å². The van der Waals surface area contributed by atoms with Crippen LogP contribution in [0.25, 0.3) is 0 Å². The van der Waals surface area contributed by atoms with Gasteiger partial charge in [0.15, 0.2) is 5.96 Å². The second-order valence-corrected chi connectivity index (χ2v) is 7.43. The number of carbonyl (C=O) groups is 1. The largest absolute Gasteiger partial charge is 0.381 e. The number of carbonyl (C=O) groups excluding carboxylic acids is 1. The lowest BCUT2D eigenvalue weighted by molar-refractivity contribution is -0.130. The van der Waals surface area contributed by atoms with Crippen LogP contribution in [-0.2, 0) is 16.1 Å². The molecule has 150 valence electrons. The second-order valence-electron chi connectivity index (χ2n) is 7.43. The summed E-state index contributed by atoms with van der Waals surface area (Å²) in [7, 11) is 3.66. The number of hydrogen-bond donors (Lipinski definition) is 1. The van der Waals surface area contributed by atoms with E-state index in [9.17, 15) is 4.79 Å². The normalized spacial score (nSPS) is 22.0. The molecular formula is C20H31IN4O2. The van der Waals surface area contributed by atoms with Crippen molar-refractivity contribution in [1.29, 1.82) is 0 Å². The highest BCUT2D eigenvalue weighted by atomic mass is 127. The van der Waals surface area contributed by atoms with Crippen LogP contribution in [0.15, 0.2) is 35.3 Å². The predicted octanol–water partition coefficient (Wildman–Crippen LogP) is 2.34. The van der Waals surface area contributed by atoms with Crippen molar-refractivity contribution in [3.8, 4) is 0 Å². The molecular weight excluding hydrogens is 455 g/mol. The first-order valence-corrected chi connectivity index (χ1v) is 9.43. The molecule has 1 atom stereocenters. The summed E-state index contributed by atoms with van der Waals surface area (Å²) in [5.74, 6) is 1.03. The average Bonchev–Trinajstić information content (AvgIpc) is 3.29. The van der Waals surface area contributed by atoms with Crippen molar-refractivity contribution in [1.82, 2.24) is 15.1 Å². The second kappa shape index (κ2) is 10.3. The van der Waals surface area contributed by atoms with Gasteiger partial charge in [-0.1, -0.05) is 30.3 Å². The average molecular weight is 486 g/mol. The molecule has 1 amide bonds. The van der Waals surface area contributed by atoms with Crippen molar-refractivity contribution in [2.75, 3.05) is 46.9 Å². The molecule has 2 heterocycles. The van der Waals surface area contributed by atoms with Gasteiger partial charge in [-0.25, -0.2) is 0 Å². The van der Waals surface area contributed by atoms with Gasteiger partial charge in [-0.2, -0.15) is 0 Å². The highest BCUT2D eigenvalue weighted by Crippen LogP contribution is 2.38. The fourth-order valence-corrected chi connectivity index (χ4v) is 3.84. The SMILES string of the molecule is CN=C(NCCC(=O)N(C)Cc1ccccc1)N1CCC2(CCOC2)C1.I. The van der Waals surface area contributed by atoms with E-state index in [-0.39, 0.29) is 29.9 Å². The third-order valence-corrected chi connectivity index (χ3v) is 5.44. The lowest BCUT2D eigenvalue weighted by Crippen LogP contribution is -2.42. The molecule has 1 spiro atoms. The number of aliphatic imine (C=N–C) groups is 1. The number of guanidine groups is 1. The maximum atomic E-state index is 12.4. The smallest absolute Gasteiger partial charge is 0.224 e. The van der Waals surface area contributed by atoms with E-state index >= 15 is 0 Å². The topological polar surface area (TPSA) is 57.2 Å². The molecule has 1 aromatic rings. The zero-order chi connectivity index (χ0) is 18.4. The van der Waals surface area contributed by atoms with Crippen LogP contribution in [-0.4, -0.2) is 68.6 Å². The van der Waals surface area contributed by atoms with Crippen molar-refractivity contribution in [3.05, 3.63) is 35.9 Å². The Labute approximate surface area is 179 Å². The molecule has 27 heavy (non-hydrogen) atoms. The molecule has 2 aliphatic rings. The third-order valence-electron chi connectivity index (χ3n) is 5.44. The first-order chi connectivity index (χ1) is 12.6. The summed E-state index contributed by atoms with van der Waals surface area (Å²) < 4.78 is 5.59. The summed E-state index contributed by atoms with van der Waals surface area (Å²) in [5, 5.41) is 3.35. The Morgan fingerprint density at radius 3 is 2.78 bits per heavy atom. The van der Waals surface area contributed by atoms with Crippen LogP contribution in [0.2, 0.25) is 0 Å². The minimum Gasteiger partial charge on any atom is -0.381 e. The molecule has 0 bridgehead atoms. The maximum Gasteiger partial charge on any atom is 0.224 e. The predicted molar refractivity (Wildman–Crippen MR) is 118 cm³/mol. The van der Waals surface area contributed by atoms with E-state index in [2.05, 4.69) is 15.2 Å². The Morgan fingerprint density at radius 2 is 2.11 bits per heavy atom. The number of nitrogens with one attached hydrogen (secondary N) is 1. The number of hydrogen-bond acceptors (Lipinski definition) is 3. The van der Waals surface area contributed by atoms with E-state index in [1.54, 1.807) is 4.90 Å². The Bertz CT molecular complexity index is 632. The minimum absolute atomic E-state index is 0. The Kier molecular flexibility index (Phi) is 8.34. The number of halogens is 1. The van der Waals surface area contributed by atoms with Crippen LogP contribution in [0.4, 0.5) is 0 Å². The van der Waals surface area contributed by atoms with Crippen molar-refractivity contribution in [2.45, 2.75) is 25.8 Å². The van der Waals surface area contributed by atoms with Crippen LogP contribution >= 0.6 is 24.0 Å². The van der Waals surface area contributed by atoms with Crippen molar-refractivity contribution >= 4 is 35.8 Å². The number of rotatable bonds is 5. The van der Waals surface area contributed by atoms with E-state index < -0.39 is 0 Å². The van der Waals surface area contributed by atoms with E-state index in [0.29, 0.717) is 24.9 Å². The molecule has 2 saturated heterocycles. The number of amides is 1. The summed E-state index contributed by atoms with van der Waals surface area (Å²) in [6, 6.07) is 10.1. The molecule has 0 radical (unpaired) electrons. The summed E-state index contributed by atoms with van der Waals surface area (Å²) in [5.41, 5.74) is 1.46. The first-order valence-electron chi connectivity index (χ1n) is 9.43. The lowest BCUT2D eigenvalue weighted by Gasteiger charge is -2.25. The van der Waals surface area contributed by atoms with Gasteiger partial charge in [-0.05, 0) is 18.4 Å². The first kappa shape index (κ1) is 21.9. The maximum absolute atomic E-state index is 12.4. The van der Waals surface area contributed by atoms with E-state index in [1.807, 2.05) is 44.4 Å². The molecule has 0 aromatic heterocycles. The Hall–Kier alpha value is -1.35. The Balaban J connectivity index is 0.00000261. The van der Waals surface area contributed by atoms with Gasteiger partial charge in [0.25, 0.3) is 0 Å². The molecule has 0 aliphatic carbocycles. The van der Waals surface area contributed by atoms with Crippen LogP contribution in [0, 0.1) is 5.41 Å². The molecule has 6 nitrogen and oxygen atoms in total. The molecule has 2 aliphatic heterocycles. The van der Waals surface area contributed by atoms with Gasteiger partial charge in [-0.3, -0.25) is 9.79 Å². The standard InChI is InChI=1S/C20H30N4O2.HI/c1-21-19(24-12-9-20(15-24)10-13-26-16-20)22-11-8-18(25)23(2)14-17-6-4-3-5-7-17;/h3-7H,8-16H2,1-2H3,(H,21,22);1H. The summed E-state index contributed by atoms with van der Waals surface area (Å²) >= 11 is 0. The zero-order valence-electron chi connectivity index (χ0n) is 16.3. The highest BCUT2D eigenvalue weighted by Gasteiger charge is 2.42. The molecule has 1 unspecified atom stereocenters. The van der Waals surface area contributed by atoms with E-state index in [4.69, 9.17) is 4.74 Å². The molecule has 3 rings (SSSR count). The number of likely N-dealkylation sites (tertiary alicyclic amines) is 1. The quantitative estimate of drug-likeness (QED) is 0.395. The molecule has 7 heteroatoms. The molecule has 0 saturated carbocycles. The van der Waals surface area contributed by atoms with Crippen molar-refractivity contribution < 1.29 is 9.53 Å². The van der Waals surface area contributed by atoms with Gasteiger partial charge in [-0.15, -0.1) is 24.0 Å². The molecule has 2 fully saturated rings. The number of benzene rings is 1. The fraction of sp³-hybridized carbons (Fsp3) is 0.600. The fourth-order valence-electron chi connectivity index (χ4n) is 3.84. The van der Waals surface area contributed by atoms with Crippen molar-refractivity contribution in [3.63, 3.8) is 0 Å². The van der Waals surface area contributed by atoms with Gasteiger partial charge in [0, 0.05) is 58.7 Å². The van der Waals surface area contributed by atoms with E-state index in [0.717, 1.165) is 50.7 Å². The summed E-state index contributed by atoms with van der Waals surface area (Å²) in [6.07, 6.45) is 2.76. The summed E-state index contributed by atoms with van der Waals surface area (Å²) in [4.78, 5) is 20.8. The van der Waals surface area contributed by atoms with E-state index in [1.165, 1.54) is 0 Å². The number of nitrogens with zero attached hydrogens (tertiary/aromatic N) is 3. The molecule has 1 N–H and O–H groups in total. The molecule has 1 aromatic carbocycles. The van der Waals surface area contributed by atoms with Gasteiger partial charge in [0.1, 0.15) is 0 Å².